The van der Waals surface area contributed by atoms with E-state index in [2.05, 4.69) is 15.8 Å². The quantitative estimate of drug-likeness (QED) is 0.666. The predicted molar refractivity (Wildman–Crippen MR) is 110 cm³/mol. The number of aromatic nitrogens is 1. The molecule has 2 N–H and O–H groups in total. The number of hydrogen-bond donors (Lipinski definition) is 2. The number of hydrogen-bond acceptors (Lipinski definition) is 6. The lowest BCUT2D eigenvalue weighted by Gasteiger charge is -2.23. The summed E-state index contributed by atoms with van der Waals surface area (Å²) >= 11 is 0. The minimum Gasteiger partial charge on any atom is -0.489 e. The van der Waals surface area contributed by atoms with Gasteiger partial charge >= 0.3 is 0 Å². The van der Waals surface area contributed by atoms with Crippen molar-refractivity contribution in [3.8, 4) is 11.5 Å². The van der Waals surface area contributed by atoms with Crippen LogP contribution in [0.15, 0.2) is 47.0 Å². The molecular weight excluding hydrogens is 386 g/mol. The molecule has 3 aromatic rings. The second-order valence-corrected chi connectivity index (χ2v) is 7.03. The van der Waals surface area contributed by atoms with E-state index in [4.69, 9.17) is 14.0 Å². The number of anilines is 2. The van der Waals surface area contributed by atoms with Crippen molar-refractivity contribution in [2.24, 2.45) is 0 Å². The summed E-state index contributed by atoms with van der Waals surface area (Å²) in [4.78, 5) is 24.5. The average Bonchev–Trinajstić information content (AvgIpc) is 3.05. The Morgan fingerprint density at radius 2 is 2.07 bits per heavy atom. The maximum Gasteiger partial charge on any atom is 0.265 e. The van der Waals surface area contributed by atoms with Gasteiger partial charge in [0.1, 0.15) is 23.9 Å². The summed E-state index contributed by atoms with van der Waals surface area (Å²) < 4.78 is 16.5. The van der Waals surface area contributed by atoms with Crippen LogP contribution in [0.3, 0.4) is 0 Å². The van der Waals surface area contributed by atoms with Crippen molar-refractivity contribution in [3.05, 3.63) is 65.0 Å². The Morgan fingerprint density at radius 3 is 2.83 bits per heavy atom. The van der Waals surface area contributed by atoms with Crippen molar-refractivity contribution in [1.82, 2.24) is 5.16 Å². The lowest BCUT2D eigenvalue weighted by Crippen LogP contribution is -2.34. The van der Waals surface area contributed by atoms with Crippen molar-refractivity contribution < 1.29 is 23.6 Å². The molecule has 0 radical (unpaired) electrons. The van der Waals surface area contributed by atoms with E-state index in [1.54, 1.807) is 49.4 Å². The van der Waals surface area contributed by atoms with E-state index < -0.39 is 6.10 Å². The number of carbonyl (C=O) groups is 2. The molecule has 2 aromatic carbocycles. The maximum atomic E-state index is 12.7. The number of fused-ring (bicyclic) bond motifs is 1. The summed E-state index contributed by atoms with van der Waals surface area (Å²) in [6.07, 6.45) is -0.550. The molecule has 1 aromatic heterocycles. The van der Waals surface area contributed by atoms with Crippen LogP contribution in [0.4, 0.5) is 11.4 Å². The summed E-state index contributed by atoms with van der Waals surface area (Å²) in [5.41, 5.74) is 3.17. The molecule has 1 aliphatic rings. The van der Waals surface area contributed by atoms with E-state index in [1.165, 1.54) is 0 Å². The molecule has 1 atom stereocenters. The monoisotopic (exact) mass is 407 g/mol. The number of rotatable bonds is 5. The molecule has 8 nitrogen and oxygen atoms in total. The van der Waals surface area contributed by atoms with Crippen LogP contribution in [0, 0.1) is 13.8 Å². The molecule has 0 fully saturated rings. The SMILES string of the molecule is Cc1noc(C)c1COc1cccc(C(=O)Nc2ccc3c(c2)NC(=O)[C@H](C)O3)c1. The number of ether oxygens (including phenoxy) is 2. The topological polar surface area (TPSA) is 103 Å². The number of aryl methyl sites for hydroxylation is 2. The minimum absolute atomic E-state index is 0.228. The molecule has 0 saturated carbocycles. The molecule has 2 heterocycles. The largest absolute Gasteiger partial charge is 0.489 e. The average molecular weight is 407 g/mol. The zero-order valence-corrected chi connectivity index (χ0v) is 16.8. The number of amides is 2. The highest BCUT2D eigenvalue weighted by molar-refractivity contribution is 6.05. The zero-order valence-electron chi connectivity index (χ0n) is 16.8. The Bertz CT molecular complexity index is 1100. The molecule has 0 spiro atoms. The van der Waals surface area contributed by atoms with E-state index in [1.807, 2.05) is 13.8 Å². The van der Waals surface area contributed by atoms with Crippen molar-refractivity contribution in [1.29, 1.82) is 0 Å². The van der Waals surface area contributed by atoms with Crippen LogP contribution in [-0.4, -0.2) is 23.1 Å². The second kappa shape index (κ2) is 7.90. The van der Waals surface area contributed by atoms with Gasteiger partial charge in [0.2, 0.25) is 0 Å². The van der Waals surface area contributed by atoms with Gasteiger partial charge in [-0.1, -0.05) is 11.2 Å². The third kappa shape index (κ3) is 3.98. The van der Waals surface area contributed by atoms with Crippen LogP contribution >= 0.6 is 0 Å². The lowest BCUT2D eigenvalue weighted by atomic mass is 10.1. The molecule has 30 heavy (non-hydrogen) atoms. The first-order valence-electron chi connectivity index (χ1n) is 9.48. The van der Waals surface area contributed by atoms with E-state index in [9.17, 15) is 9.59 Å². The third-order valence-electron chi connectivity index (χ3n) is 4.83. The normalized spacial score (nSPS) is 15.0. The van der Waals surface area contributed by atoms with Gasteiger partial charge in [-0.05, 0) is 57.2 Å². The summed E-state index contributed by atoms with van der Waals surface area (Å²) in [5.74, 6) is 1.31. The van der Waals surface area contributed by atoms with Gasteiger partial charge < -0.3 is 24.6 Å². The van der Waals surface area contributed by atoms with Crippen molar-refractivity contribution >= 4 is 23.2 Å². The van der Waals surface area contributed by atoms with E-state index in [0.29, 0.717) is 40.8 Å². The fraction of sp³-hybridized carbons (Fsp3) is 0.227. The Hall–Kier alpha value is -3.81. The first kappa shape index (κ1) is 19.5. The fourth-order valence-electron chi connectivity index (χ4n) is 3.08. The van der Waals surface area contributed by atoms with Crippen LogP contribution in [0.1, 0.15) is 34.3 Å². The van der Waals surface area contributed by atoms with Crippen molar-refractivity contribution in [2.75, 3.05) is 10.6 Å². The van der Waals surface area contributed by atoms with Crippen molar-refractivity contribution in [2.45, 2.75) is 33.5 Å². The standard InChI is InChI=1S/C22H21N3O5/c1-12-18(13(2)30-25-12)11-28-17-6-4-5-15(9-17)22(27)23-16-7-8-20-19(10-16)24-21(26)14(3)29-20/h4-10,14H,11H2,1-3H3,(H,23,27)(H,24,26)/t14-/m0/s1. The minimum atomic E-state index is -0.550. The molecular formula is C22H21N3O5. The first-order chi connectivity index (χ1) is 14.4. The van der Waals surface area contributed by atoms with Gasteiger partial charge in [0, 0.05) is 11.3 Å². The molecule has 0 saturated heterocycles. The van der Waals surface area contributed by atoms with Gasteiger partial charge in [0.15, 0.2) is 6.10 Å². The summed E-state index contributed by atoms with van der Waals surface area (Å²) in [5, 5.41) is 9.49. The fourth-order valence-corrected chi connectivity index (χ4v) is 3.08. The van der Waals surface area contributed by atoms with E-state index in [-0.39, 0.29) is 11.8 Å². The van der Waals surface area contributed by atoms with Gasteiger partial charge in [-0.15, -0.1) is 0 Å². The summed E-state index contributed by atoms with van der Waals surface area (Å²) in [7, 11) is 0. The van der Waals surface area contributed by atoms with Gasteiger partial charge in [0.25, 0.3) is 11.8 Å². The Labute approximate surface area is 173 Å². The molecule has 8 heteroatoms. The van der Waals surface area contributed by atoms with Crippen molar-refractivity contribution in [3.63, 3.8) is 0 Å². The molecule has 1 aliphatic heterocycles. The van der Waals surface area contributed by atoms with Crippen LogP contribution in [0.25, 0.3) is 0 Å². The number of nitrogens with zero attached hydrogens (tertiary/aromatic N) is 1. The van der Waals surface area contributed by atoms with Gasteiger partial charge in [-0.3, -0.25) is 9.59 Å². The predicted octanol–water partition coefficient (Wildman–Crippen LogP) is 3.84. The highest BCUT2D eigenvalue weighted by atomic mass is 16.5. The number of nitrogens with one attached hydrogen (secondary N) is 2. The number of carbonyl (C=O) groups excluding carboxylic acids is 2. The highest BCUT2D eigenvalue weighted by Crippen LogP contribution is 2.32. The van der Waals surface area contributed by atoms with E-state index >= 15 is 0 Å². The Kier molecular flexibility index (Phi) is 5.14. The van der Waals surface area contributed by atoms with Crippen LogP contribution in [0.5, 0.6) is 11.5 Å². The molecule has 4 rings (SSSR count). The number of benzene rings is 2. The molecule has 0 aliphatic carbocycles. The molecule has 154 valence electrons. The Morgan fingerprint density at radius 1 is 1.23 bits per heavy atom. The molecule has 0 bridgehead atoms. The van der Waals surface area contributed by atoms with Gasteiger partial charge in [0.05, 0.1) is 16.9 Å². The van der Waals surface area contributed by atoms with Crippen LogP contribution in [-0.2, 0) is 11.4 Å². The molecule has 0 unspecified atom stereocenters. The van der Waals surface area contributed by atoms with Gasteiger partial charge in [-0.2, -0.15) is 0 Å². The van der Waals surface area contributed by atoms with Crippen LogP contribution in [0.2, 0.25) is 0 Å². The first-order valence-corrected chi connectivity index (χ1v) is 9.48. The maximum absolute atomic E-state index is 12.7. The highest BCUT2D eigenvalue weighted by Gasteiger charge is 2.23. The summed E-state index contributed by atoms with van der Waals surface area (Å²) in [6.45, 7) is 5.66. The van der Waals surface area contributed by atoms with E-state index in [0.717, 1.165) is 11.3 Å². The summed E-state index contributed by atoms with van der Waals surface area (Å²) in [6, 6.07) is 12.0. The third-order valence-corrected chi connectivity index (χ3v) is 4.83. The second-order valence-electron chi connectivity index (χ2n) is 7.03. The molecule has 2 amide bonds. The lowest BCUT2D eigenvalue weighted by molar-refractivity contribution is -0.122. The van der Waals surface area contributed by atoms with Gasteiger partial charge in [-0.25, -0.2) is 0 Å². The smallest absolute Gasteiger partial charge is 0.265 e. The van der Waals surface area contributed by atoms with Crippen LogP contribution < -0.4 is 20.1 Å². The zero-order chi connectivity index (χ0) is 21.3. The Balaban J connectivity index is 1.45.